The Morgan fingerprint density at radius 1 is 1.42 bits per heavy atom. The SMILES string of the molecule is CC(=O)CCC(=O)Nc1ccc2nc(C#N)sc2c1. The van der Waals surface area contributed by atoms with Gasteiger partial charge in [-0.3, -0.25) is 4.79 Å². The molecule has 1 heterocycles. The van der Waals surface area contributed by atoms with Gasteiger partial charge in [0.05, 0.1) is 10.2 Å². The highest BCUT2D eigenvalue weighted by Gasteiger charge is 2.07. The fraction of sp³-hybridized carbons (Fsp3) is 0.231. The zero-order valence-corrected chi connectivity index (χ0v) is 11.1. The molecule has 0 radical (unpaired) electrons. The van der Waals surface area contributed by atoms with Crippen LogP contribution in [0.1, 0.15) is 24.8 Å². The van der Waals surface area contributed by atoms with Gasteiger partial charge < -0.3 is 10.1 Å². The van der Waals surface area contributed by atoms with Gasteiger partial charge in [-0.25, -0.2) is 4.98 Å². The van der Waals surface area contributed by atoms with E-state index in [1.165, 1.54) is 18.3 Å². The molecule has 19 heavy (non-hydrogen) atoms. The van der Waals surface area contributed by atoms with Crippen LogP contribution in [-0.4, -0.2) is 16.7 Å². The van der Waals surface area contributed by atoms with Gasteiger partial charge in [-0.2, -0.15) is 5.26 Å². The van der Waals surface area contributed by atoms with Gasteiger partial charge in [0.1, 0.15) is 11.9 Å². The standard InChI is InChI=1S/C13H11N3O2S/c1-8(17)2-5-12(18)15-9-3-4-10-11(6-9)19-13(7-14)16-10/h3-4,6H,2,5H2,1H3,(H,15,18). The monoisotopic (exact) mass is 273 g/mol. The van der Waals surface area contributed by atoms with Crippen LogP contribution in [-0.2, 0) is 9.59 Å². The van der Waals surface area contributed by atoms with Crippen LogP contribution >= 0.6 is 11.3 Å². The maximum Gasteiger partial charge on any atom is 0.224 e. The molecule has 6 heteroatoms. The Hall–Kier alpha value is -2.26. The van der Waals surface area contributed by atoms with Gasteiger partial charge >= 0.3 is 0 Å². The lowest BCUT2D eigenvalue weighted by Gasteiger charge is -2.03. The number of Topliss-reactive ketones (excluding diaryl/α,β-unsaturated/α-hetero) is 1. The van der Waals surface area contributed by atoms with Gasteiger partial charge in [-0.1, -0.05) is 0 Å². The van der Waals surface area contributed by atoms with Crippen LogP contribution in [0.5, 0.6) is 0 Å². The van der Waals surface area contributed by atoms with Crippen molar-refractivity contribution in [2.24, 2.45) is 0 Å². The molecule has 0 atom stereocenters. The maximum absolute atomic E-state index is 11.6. The van der Waals surface area contributed by atoms with E-state index in [2.05, 4.69) is 10.3 Å². The van der Waals surface area contributed by atoms with Crippen LogP contribution < -0.4 is 5.32 Å². The molecule has 0 aliphatic rings. The number of carbonyl (C=O) groups is 2. The number of rotatable bonds is 4. The molecule has 1 aromatic carbocycles. The molecule has 0 spiro atoms. The highest BCUT2D eigenvalue weighted by atomic mass is 32.1. The molecular weight excluding hydrogens is 262 g/mol. The van der Waals surface area contributed by atoms with Crippen LogP contribution in [0.3, 0.4) is 0 Å². The number of fused-ring (bicyclic) bond motifs is 1. The summed E-state index contributed by atoms with van der Waals surface area (Å²) in [5.74, 6) is -0.203. The van der Waals surface area contributed by atoms with Crippen molar-refractivity contribution < 1.29 is 9.59 Å². The second kappa shape index (κ2) is 5.59. The van der Waals surface area contributed by atoms with E-state index in [4.69, 9.17) is 5.26 Å². The van der Waals surface area contributed by atoms with Crippen LogP contribution in [0.4, 0.5) is 5.69 Å². The number of anilines is 1. The lowest BCUT2D eigenvalue weighted by molar-refractivity contribution is -0.121. The number of hydrogen-bond donors (Lipinski definition) is 1. The number of ketones is 1. The average Bonchev–Trinajstić information content (AvgIpc) is 2.78. The van der Waals surface area contributed by atoms with Crippen LogP contribution in [0.2, 0.25) is 0 Å². The number of nitrogens with zero attached hydrogens (tertiary/aromatic N) is 2. The summed E-state index contributed by atoms with van der Waals surface area (Å²) in [5.41, 5.74) is 1.39. The van der Waals surface area contributed by atoms with Crippen LogP contribution in [0, 0.1) is 11.3 Å². The molecule has 1 amide bonds. The van der Waals surface area contributed by atoms with Crippen molar-refractivity contribution in [1.82, 2.24) is 4.98 Å². The predicted octanol–water partition coefficient (Wildman–Crippen LogP) is 2.48. The minimum Gasteiger partial charge on any atom is -0.326 e. The van der Waals surface area contributed by atoms with Gasteiger partial charge in [0.25, 0.3) is 0 Å². The Kier molecular flexibility index (Phi) is 3.88. The second-order valence-corrected chi connectivity index (χ2v) is 5.09. The average molecular weight is 273 g/mol. The Morgan fingerprint density at radius 2 is 2.21 bits per heavy atom. The van der Waals surface area contributed by atoms with E-state index < -0.39 is 0 Å². The van der Waals surface area contributed by atoms with Gasteiger partial charge in [-0.05, 0) is 25.1 Å². The van der Waals surface area contributed by atoms with Crippen LogP contribution in [0.25, 0.3) is 10.2 Å². The van der Waals surface area contributed by atoms with E-state index in [0.717, 1.165) is 10.2 Å². The molecule has 0 fully saturated rings. The first kappa shape index (κ1) is 13.2. The molecule has 5 nitrogen and oxygen atoms in total. The molecule has 2 rings (SSSR count). The first-order valence-corrected chi connectivity index (χ1v) is 6.50. The van der Waals surface area contributed by atoms with Crippen molar-refractivity contribution in [3.05, 3.63) is 23.2 Å². The lowest BCUT2D eigenvalue weighted by Crippen LogP contribution is -2.12. The molecule has 1 aromatic heterocycles. The Bertz CT molecular complexity index is 685. The summed E-state index contributed by atoms with van der Waals surface area (Å²) in [6.45, 7) is 1.46. The summed E-state index contributed by atoms with van der Waals surface area (Å²) in [4.78, 5) is 26.5. The fourth-order valence-corrected chi connectivity index (χ4v) is 2.37. The number of nitrogens with one attached hydrogen (secondary N) is 1. The third kappa shape index (κ3) is 3.36. The van der Waals surface area contributed by atoms with Gasteiger partial charge in [0.15, 0.2) is 5.01 Å². The van der Waals surface area contributed by atoms with Crippen LogP contribution in [0.15, 0.2) is 18.2 Å². The van der Waals surface area contributed by atoms with Crippen molar-refractivity contribution in [3.63, 3.8) is 0 Å². The molecule has 0 bridgehead atoms. The zero-order chi connectivity index (χ0) is 13.8. The first-order valence-electron chi connectivity index (χ1n) is 5.68. The molecule has 0 aliphatic carbocycles. The van der Waals surface area contributed by atoms with E-state index in [-0.39, 0.29) is 24.5 Å². The van der Waals surface area contributed by atoms with Gasteiger partial charge in [0, 0.05) is 18.5 Å². The number of thiazole rings is 1. The summed E-state index contributed by atoms with van der Waals surface area (Å²) < 4.78 is 0.848. The lowest BCUT2D eigenvalue weighted by atomic mass is 10.2. The molecule has 96 valence electrons. The zero-order valence-electron chi connectivity index (χ0n) is 10.3. The molecule has 2 aromatic rings. The number of nitriles is 1. The van der Waals surface area contributed by atoms with Gasteiger partial charge in [-0.15, -0.1) is 11.3 Å². The number of aromatic nitrogens is 1. The Labute approximate surface area is 113 Å². The topological polar surface area (TPSA) is 82.8 Å². The molecule has 0 aliphatic heterocycles. The van der Waals surface area contributed by atoms with Crippen molar-refractivity contribution in [1.29, 1.82) is 5.26 Å². The molecule has 1 N–H and O–H groups in total. The number of hydrogen-bond acceptors (Lipinski definition) is 5. The highest BCUT2D eigenvalue weighted by molar-refractivity contribution is 7.19. The summed E-state index contributed by atoms with van der Waals surface area (Å²) in [5, 5.41) is 11.9. The van der Waals surface area contributed by atoms with E-state index in [0.29, 0.717) is 10.7 Å². The summed E-state index contributed by atoms with van der Waals surface area (Å²) in [6.07, 6.45) is 0.423. The Balaban J connectivity index is 2.11. The quantitative estimate of drug-likeness (QED) is 0.927. The smallest absolute Gasteiger partial charge is 0.224 e. The van der Waals surface area contributed by atoms with Crippen molar-refractivity contribution in [2.45, 2.75) is 19.8 Å². The molecular formula is C13H11N3O2S. The van der Waals surface area contributed by atoms with E-state index in [1.807, 2.05) is 6.07 Å². The fourth-order valence-electron chi connectivity index (χ4n) is 1.56. The Morgan fingerprint density at radius 3 is 2.89 bits per heavy atom. The molecule has 0 saturated heterocycles. The summed E-state index contributed by atoms with van der Waals surface area (Å²) >= 11 is 1.28. The van der Waals surface area contributed by atoms with Crippen molar-refractivity contribution in [3.8, 4) is 6.07 Å². The first-order chi connectivity index (χ1) is 9.08. The van der Waals surface area contributed by atoms with Crippen molar-refractivity contribution in [2.75, 3.05) is 5.32 Å². The minimum absolute atomic E-state index is 0.00767. The molecule has 0 unspecified atom stereocenters. The van der Waals surface area contributed by atoms with E-state index in [9.17, 15) is 9.59 Å². The van der Waals surface area contributed by atoms with E-state index >= 15 is 0 Å². The second-order valence-electron chi connectivity index (χ2n) is 4.06. The van der Waals surface area contributed by atoms with Crippen molar-refractivity contribution >= 4 is 38.9 Å². The predicted molar refractivity (Wildman–Crippen MR) is 72.9 cm³/mol. The number of carbonyl (C=O) groups excluding carboxylic acids is 2. The molecule has 0 saturated carbocycles. The van der Waals surface area contributed by atoms with E-state index in [1.54, 1.807) is 18.2 Å². The number of amides is 1. The summed E-state index contributed by atoms with van der Waals surface area (Å²) in [7, 11) is 0. The third-order valence-electron chi connectivity index (χ3n) is 2.47. The van der Waals surface area contributed by atoms with Gasteiger partial charge in [0.2, 0.25) is 5.91 Å². The third-order valence-corrected chi connectivity index (χ3v) is 3.39. The normalized spacial score (nSPS) is 10.1. The minimum atomic E-state index is -0.195. The largest absolute Gasteiger partial charge is 0.326 e. The summed E-state index contributed by atoms with van der Waals surface area (Å²) in [6, 6.07) is 7.26. The number of benzene rings is 1. The maximum atomic E-state index is 11.6. The highest BCUT2D eigenvalue weighted by Crippen LogP contribution is 2.24.